The Balaban J connectivity index is 1.50. The number of rotatable bonds is 5. The van der Waals surface area contributed by atoms with Gasteiger partial charge in [0.2, 0.25) is 15.9 Å². The van der Waals surface area contributed by atoms with Crippen molar-refractivity contribution >= 4 is 15.9 Å². The fourth-order valence-corrected chi connectivity index (χ4v) is 4.78. The maximum atomic E-state index is 12.5. The van der Waals surface area contributed by atoms with E-state index in [1.807, 2.05) is 37.3 Å². The number of hydrogen-bond donors (Lipinski definition) is 2. The molecule has 2 aliphatic heterocycles. The van der Waals surface area contributed by atoms with Crippen LogP contribution in [0.2, 0.25) is 0 Å². The second-order valence-corrected chi connectivity index (χ2v) is 8.84. The van der Waals surface area contributed by atoms with Gasteiger partial charge in [-0.1, -0.05) is 30.3 Å². The Morgan fingerprint density at radius 2 is 1.80 bits per heavy atom. The third-order valence-electron chi connectivity index (χ3n) is 4.83. The van der Waals surface area contributed by atoms with Crippen molar-refractivity contribution in [3.05, 3.63) is 35.9 Å². The molecule has 0 aliphatic carbocycles. The van der Waals surface area contributed by atoms with E-state index in [2.05, 4.69) is 10.9 Å². The van der Waals surface area contributed by atoms with Crippen molar-refractivity contribution in [3.63, 3.8) is 0 Å². The molecule has 1 aromatic carbocycles. The zero-order chi connectivity index (χ0) is 17.9. The van der Waals surface area contributed by atoms with Crippen LogP contribution < -0.4 is 10.9 Å². The molecule has 2 aliphatic rings. The zero-order valence-corrected chi connectivity index (χ0v) is 15.3. The summed E-state index contributed by atoms with van der Waals surface area (Å²) >= 11 is 0. The minimum Gasteiger partial charge on any atom is -0.339 e. The second kappa shape index (κ2) is 7.82. The largest absolute Gasteiger partial charge is 0.339 e. The van der Waals surface area contributed by atoms with E-state index in [-0.39, 0.29) is 23.7 Å². The summed E-state index contributed by atoms with van der Waals surface area (Å²) in [5.74, 6) is 0.162. The van der Waals surface area contributed by atoms with Gasteiger partial charge in [0.15, 0.2) is 0 Å². The Kier molecular flexibility index (Phi) is 5.73. The zero-order valence-electron chi connectivity index (χ0n) is 14.5. The number of carbonyl (C=O) groups is 1. The Morgan fingerprint density at radius 3 is 2.40 bits per heavy atom. The van der Waals surface area contributed by atoms with Gasteiger partial charge >= 0.3 is 0 Å². The lowest BCUT2D eigenvalue weighted by Crippen LogP contribution is -2.55. The monoisotopic (exact) mass is 366 g/mol. The quantitative estimate of drug-likeness (QED) is 0.764. The van der Waals surface area contributed by atoms with Crippen LogP contribution in [0.15, 0.2) is 30.3 Å². The van der Waals surface area contributed by atoms with Gasteiger partial charge in [-0.25, -0.2) is 13.8 Å². The van der Waals surface area contributed by atoms with Crippen LogP contribution in [0.3, 0.4) is 0 Å². The fourth-order valence-electron chi connectivity index (χ4n) is 3.30. The highest BCUT2D eigenvalue weighted by Gasteiger charge is 2.34. The van der Waals surface area contributed by atoms with Crippen LogP contribution in [0, 0.1) is 0 Å². The van der Waals surface area contributed by atoms with Crippen molar-refractivity contribution in [2.24, 2.45) is 0 Å². The van der Waals surface area contributed by atoms with Crippen molar-refractivity contribution in [1.82, 2.24) is 20.1 Å². The summed E-state index contributed by atoms with van der Waals surface area (Å²) in [7, 11) is -3.29. The number of amides is 1. The lowest BCUT2D eigenvalue weighted by molar-refractivity contribution is -0.134. The van der Waals surface area contributed by atoms with E-state index >= 15 is 0 Å². The van der Waals surface area contributed by atoms with Gasteiger partial charge in [-0.05, 0) is 25.3 Å². The van der Waals surface area contributed by atoms with E-state index in [4.69, 9.17) is 0 Å². The van der Waals surface area contributed by atoms with Gasteiger partial charge in [-0.2, -0.15) is 4.31 Å². The highest BCUT2D eigenvalue weighted by molar-refractivity contribution is 7.89. The molecule has 8 heteroatoms. The van der Waals surface area contributed by atoms with Crippen molar-refractivity contribution < 1.29 is 13.2 Å². The number of hydrazine groups is 1. The maximum Gasteiger partial charge on any atom is 0.241 e. The van der Waals surface area contributed by atoms with E-state index in [1.54, 1.807) is 4.90 Å². The van der Waals surface area contributed by atoms with Gasteiger partial charge < -0.3 is 4.90 Å². The smallest absolute Gasteiger partial charge is 0.241 e. The van der Waals surface area contributed by atoms with Gasteiger partial charge in [0.25, 0.3) is 0 Å². The van der Waals surface area contributed by atoms with Gasteiger partial charge in [-0.3, -0.25) is 10.2 Å². The minimum absolute atomic E-state index is 0.0539. The number of carbonyl (C=O) groups excluding carboxylic acids is 1. The first-order valence-corrected chi connectivity index (χ1v) is 10.4. The summed E-state index contributed by atoms with van der Waals surface area (Å²) in [4.78, 5) is 14.2. The molecule has 0 radical (unpaired) electrons. The Hall–Kier alpha value is -1.48. The summed E-state index contributed by atoms with van der Waals surface area (Å²) in [6.45, 7) is 3.68. The summed E-state index contributed by atoms with van der Waals surface area (Å²) in [5, 5.41) is 0. The molecule has 0 spiro atoms. The standard InChI is InChI=1S/C17H26N4O3S/c1-14-13-16(19-18-14)17(22)20-8-10-21(11-9-20)25(23,24)12-7-15-5-3-2-4-6-15/h2-6,14,16,18-19H,7-13H2,1H3. The first kappa shape index (κ1) is 18.3. The number of nitrogens with one attached hydrogen (secondary N) is 2. The molecule has 2 saturated heterocycles. The minimum atomic E-state index is -3.29. The van der Waals surface area contributed by atoms with E-state index < -0.39 is 10.0 Å². The van der Waals surface area contributed by atoms with Crippen LogP contribution in [0.25, 0.3) is 0 Å². The molecule has 138 valence electrons. The first-order valence-electron chi connectivity index (χ1n) is 8.77. The molecule has 0 aromatic heterocycles. The van der Waals surface area contributed by atoms with Crippen LogP contribution in [0.1, 0.15) is 18.9 Å². The van der Waals surface area contributed by atoms with Gasteiger partial charge in [0.05, 0.1) is 5.75 Å². The molecular weight excluding hydrogens is 340 g/mol. The predicted octanol–water partition coefficient (Wildman–Crippen LogP) is -0.0419. The molecule has 7 nitrogen and oxygen atoms in total. The van der Waals surface area contributed by atoms with Crippen molar-refractivity contribution in [3.8, 4) is 0 Å². The fraction of sp³-hybridized carbons (Fsp3) is 0.588. The lowest BCUT2D eigenvalue weighted by Gasteiger charge is -2.35. The Bertz CT molecular complexity index is 687. The summed E-state index contributed by atoms with van der Waals surface area (Å²) in [5.41, 5.74) is 7.08. The number of sulfonamides is 1. The van der Waals surface area contributed by atoms with Gasteiger partial charge in [0.1, 0.15) is 6.04 Å². The Labute approximate surface area is 149 Å². The molecule has 2 unspecified atom stereocenters. The van der Waals surface area contributed by atoms with E-state index in [0.29, 0.717) is 32.6 Å². The van der Waals surface area contributed by atoms with Crippen molar-refractivity contribution in [2.75, 3.05) is 31.9 Å². The van der Waals surface area contributed by atoms with E-state index in [9.17, 15) is 13.2 Å². The highest BCUT2D eigenvalue weighted by atomic mass is 32.2. The Morgan fingerprint density at radius 1 is 1.12 bits per heavy atom. The number of hydrogen-bond acceptors (Lipinski definition) is 5. The van der Waals surface area contributed by atoms with Crippen LogP contribution in [-0.4, -0.2) is 67.5 Å². The molecule has 0 bridgehead atoms. The second-order valence-electron chi connectivity index (χ2n) is 6.75. The molecule has 25 heavy (non-hydrogen) atoms. The molecule has 2 fully saturated rings. The summed E-state index contributed by atoms with van der Waals surface area (Å²) in [6.07, 6.45) is 1.27. The lowest BCUT2D eigenvalue weighted by atomic mass is 10.1. The average Bonchev–Trinajstić information content (AvgIpc) is 3.07. The molecule has 2 N–H and O–H groups in total. The van der Waals surface area contributed by atoms with Crippen LogP contribution in [0.4, 0.5) is 0 Å². The van der Waals surface area contributed by atoms with E-state index in [0.717, 1.165) is 12.0 Å². The number of benzene rings is 1. The molecule has 2 atom stereocenters. The molecule has 2 heterocycles. The average molecular weight is 366 g/mol. The van der Waals surface area contributed by atoms with Gasteiger partial charge in [-0.15, -0.1) is 0 Å². The molecule has 1 amide bonds. The van der Waals surface area contributed by atoms with Crippen LogP contribution in [0.5, 0.6) is 0 Å². The highest BCUT2D eigenvalue weighted by Crippen LogP contribution is 2.14. The number of nitrogens with zero attached hydrogens (tertiary/aromatic N) is 2. The third kappa shape index (κ3) is 4.58. The summed E-state index contributed by atoms with van der Waals surface area (Å²) in [6, 6.07) is 9.69. The first-order chi connectivity index (χ1) is 12.0. The van der Waals surface area contributed by atoms with Gasteiger partial charge in [0, 0.05) is 32.2 Å². The van der Waals surface area contributed by atoms with Crippen molar-refractivity contribution in [1.29, 1.82) is 0 Å². The molecule has 1 aromatic rings. The number of piperazine rings is 1. The number of aryl methyl sites for hydroxylation is 1. The molecule has 3 rings (SSSR count). The molecular formula is C17H26N4O3S. The van der Waals surface area contributed by atoms with Crippen LogP contribution in [-0.2, 0) is 21.2 Å². The molecule has 0 saturated carbocycles. The topological polar surface area (TPSA) is 81.8 Å². The van der Waals surface area contributed by atoms with E-state index in [1.165, 1.54) is 4.31 Å². The third-order valence-corrected chi connectivity index (χ3v) is 6.70. The maximum absolute atomic E-state index is 12.5. The van der Waals surface area contributed by atoms with Crippen LogP contribution >= 0.6 is 0 Å². The summed E-state index contributed by atoms with van der Waals surface area (Å²) < 4.78 is 26.6. The van der Waals surface area contributed by atoms with Crippen molar-refractivity contribution in [2.45, 2.75) is 31.8 Å². The SMILES string of the molecule is CC1CC(C(=O)N2CCN(S(=O)(=O)CCc3ccccc3)CC2)NN1. The normalized spacial score (nSPS) is 25.2. The predicted molar refractivity (Wildman–Crippen MR) is 96.2 cm³/mol.